The van der Waals surface area contributed by atoms with Gasteiger partial charge in [0, 0.05) is 0 Å². The maximum Gasteiger partial charge on any atom is 0.252 e. The Labute approximate surface area is 54.6 Å². The van der Waals surface area contributed by atoms with Crippen LogP contribution in [0.1, 0.15) is 0 Å². The van der Waals surface area contributed by atoms with E-state index in [0.717, 1.165) is 0 Å². The van der Waals surface area contributed by atoms with Gasteiger partial charge in [0.2, 0.25) is 0 Å². The van der Waals surface area contributed by atoms with E-state index in [1.54, 1.807) is 0 Å². The topological polar surface area (TPSA) is 29.1 Å². The summed E-state index contributed by atoms with van der Waals surface area (Å²) in [6.07, 6.45) is 0. The zero-order chi connectivity index (χ0) is 5.70. The molecule has 0 aliphatic heterocycles. The first-order chi connectivity index (χ1) is 3.31. The molecule has 0 saturated carbocycles. The Morgan fingerprint density at radius 3 is 2.57 bits per heavy atom. The molecule has 42 valence electrons. The summed E-state index contributed by atoms with van der Waals surface area (Å²) < 4.78 is 11.6. The van der Waals surface area contributed by atoms with Crippen LogP contribution in [-0.2, 0) is 4.79 Å². The number of amides is 1. The van der Waals surface area contributed by atoms with Crippen molar-refractivity contribution in [2.45, 2.75) is 0 Å². The third-order valence-electron chi connectivity index (χ3n) is 0.385. The Bertz CT molecular complexity index is 68.0. The highest BCUT2D eigenvalue weighted by Crippen LogP contribution is 1.74. The molecular formula is C3H5FINO. The van der Waals surface area contributed by atoms with E-state index in [-0.39, 0.29) is 0 Å². The quantitative estimate of drug-likeness (QED) is 0.406. The number of halogens is 2. The van der Waals surface area contributed by atoms with E-state index in [1.807, 2.05) is 22.6 Å². The minimum Gasteiger partial charge on any atom is -0.345 e. The summed E-state index contributed by atoms with van der Waals surface area (Å²) in [4.78, 5) is 9.92. The van der Waals surface area contributed by atoms with Crippen LogP contribution in [-0.4, -0.2) is 17.1 Å². The van der Waals surface area contributed by atoms with E-state index in [4.69, 9.17) is 0 Å². The molecule has 0 aliphatic rings. The molecule has 0 rings (SSSR count). The zero-order valence-electron chi connectivity index (χ0n) is 3.58. The SMILES string of the molecule is O=C(CF)NCI. The van der Waals surface area contributed by atoms with Crippen molar-refractivity contribution in [1.29, 1.82) is 0 Å². The summed E-state index contributed by atoms with van der Waals surface area (Å²) >= 11 is 1.93. The molecule has 0 heterocycles. The first kappa shape index (κ1) is 7.13. The van der Waals surface area contributed by atoms with Gasteiger partial charge in [-0.1, -0.05) is 22.6 Å². The third-order valence-corrected chi connectivity index (χ3v) is 0.767. The van der Waals surface area contributed by atoms with Gasteiger partial charge in [-0.3, -0.25) is 4.79 Å². The van der Waals surface area contributed by atoms with Gasteiger partial charge in [-0.25, -0.2) is 4.39 Å². The summed E-state index contributed by atoms with van der Waals surface area (Å²) in [6, 6.07) is 0. The molecule has 0 bridgehead atoms. The molecule has 0 radical (unpaired) electrons. The molecule has 1 N–H and O–H groups in total. The summed E-state index contributed by atoms with van der Waals surface area (Å²) in [5.74, 6) is -0.547. The van der Waals surface area contributed by atoms with Gasteiger partial charge in [0.15, 0.2) is 6.67 Å². The van der Waals surface area contributed by atoms with Crippen molar-refractivity contribution in [2.75, 3.05) is 11.2 Å². The fourth-order valence-electron chi connectivity index (χ4n) is 0.122. The second kappa shape index (κ2) is 4.29. The highest BCUT2D eigenvalue weighted by molar-refractivity contribution is 14.1. The van der Waals surface area contributed by atoms with Gasteiger partial charge >= 0.3 is 0 Å². The number of carbonyl (C=O) groups excluding carboxylic acids is 1. The summed E-state index contributed by atoms with van der Waals surface area (Å²) in [7, 11) is 0. The fourth-order valence-corrected chi connectivity index (χ4v) is 0.547. The van der Waals surface area contributed by atoms with Crippen molar-refractivity contribution in [1.82, 2.24) is 5.32 Å². The molecule has 0 unspecified atom stereocenters. The van der Waals surface area contributed by atoms with Crippen LogP contribution in [0.2, 0.25) is 0 Å². The Kier molecular flexibility index (Phi) is 4.37. The lowest BCUT2D eigenvalue weighted by atomic mass is 10.7. The molecule has 0 aromatic carbocycles. The molecular weight excluding hydrogens is 212 g/mol. The molecule has 0 saturated heterocycles. The first-order valence-electron chi connectivity index (χ1n) is 1.70. The molecule has 4 heteroatoms. The lowest BCUT2D eigenvalue weighted by Crippen LogP contribution is -2.22. The number of carbonyl (C=O) groups is 1. The second-order valence-corrected chi connectivity index (χ2v) is 1.63. The van der Waals surface area contributed by atoms with E-state index in [2.05, 4.69) is 5.32 Å². The zero-order valence-corrected chi connectivity index (χ0v) is 5.74. The van der Waals surface area contributed by atoms with Gasteiger partial charge in [-0.05, 0) is 0 Å². The smallest absolute Gasteiger partial charge is 0.252 e. The molecule has 7 heavy (non-hydrogen) atoms. The van der Waals surface area contributed by atoms with Crippen molar-refractivity contribution in [3.05, 3.63) is 0 Å². The van der Waals surface area contributed by atoms with Crippen molar-refractivity contribution < 1.29 is 9.18 Å². The Hall–Kier alpha value is 0.130. The van der Waals surface area contributed by atoms with E-state index >= 15 is 0 Å². The van der Waals surface area contributed by atoms with Crippen LogP contribution in [0.5, 0.6) is 0 Å². The predicted octanol–water partition coefficient (Wildman–Crippen LogP) is 0.465. The van der Waals surface area contributed by atoms with Crippen molar-refractivity contribution in [3.8, 4) is 0 Å². The predicted molar refractivity (Wildman–Crippen MR) is 33.0 cm³/mol. The lowest BCUT2D eigenvalue weighted by molar-refractivity contribution is -0.121. The van der Waals surface area contributed by atoms with Gasteiger partial charge in [-0.15, -0.1) is 0 Å². The van der Waals surface area contributed by atoms with Gasteiger partial charge < -0.3 is 5.32 Å². The number of hydrogen-bond donors (Lipinski definition) is 1. The Morgan fingerprint density at radius 2 is 2.43 bits per heavy atom. The van der Waals surface area contributed by atoms with E-state index in [0.29, 0.717) is 4.55 Å². The van der Waals surface area contributed by atoms with Crippen molar-refractivity contribution >= 4 is 28.5 Å². The van der Waals surface area contributed by atoms with Crippen LogP contribution in [0.25, 0.3) is 0 Å². The van der Waals surface area contributed by atoms with Gasteiger partial charge in [0.05, 0.1) is 4.55 Å². The van der Waals surface area contributed by atoms with Crippen LogP contribution < -0.4 is 5.32 Å². The normalized spacial score (nSPS) is 8.29. The number of rotatable bonds is 2. The summed E-state index contributed by atoms with van der Waals surface area (Å²) in [5, 5.41) is 2.27. The number of hydrogen-bond acceptors (Lipinski definition) is 1. The van der Waals surface area contributed by atoms with Crippen LogP contribution >= 0.6 is 22.6 Å². The lowest BCUT2D eigenvalue weighted by Gasteiger charge is -1.90. The summed E-state index contributed by atoms with van der Waals surface area (Å²) in [5.41, 5.74) is 0. The van der Waals surface area contributed by atoms with E-state index in [9.17, 15) is 9.18 Å². The largest absolute Gasteiger partial charge is 0.345 e. The van der Waals surface area contributed by atoms with Crippen LogP contribution in [0, 0.1) is 0 Å². The average molecular weight is 217 g/mol. The van der Waals surface area contributed by atoms with Crippen LogP contribution in [0.15, 0.2) is 0 Å². The molecule has 0 atom stereocenters. The highest BCUT2D eigenvalue weighted by Gasteiger charge is 1.92. The average Bonchev–Trinajstić information content (AvgIpc) is 1.68. The molecule has 0 aromatic rings. The van der Waals surface area contributed by atoms with Gasteiger partial charge in [-0.2, -0.15) is 0 Å². The maximum absolute atomic E-state index is 11.2. The molecule has 0 aliphatic carbocycles. The fraction of sp³-hybridized carbons (Fsp3) is 0.667. The standard InChI is InChI=1S/C3H5FINO/c4-1-3(7)6-2-5/h1-2H2,(H,6,7). The first-order valence-corrected chi connectivity index (χ1v) is 3.22. The minimum atomic E-state index is -0.914. The minimum absolute atomic E-state index is 0.473. The van der Waals surface area contributed by atoms with Gasteiger partial charge in [0.1, 0.15) is 0 Å². The van der Waals surface area contributed by atoms with Crippen LogP contribution in [0.4, 0.5) is 4.39 Å². The molecule has 0 fully saturated rings. The van der Waals surface area contributed by atoms with E-state index < -0.39 is 12.6 Å². The Morgan fingerprint density at radius 1 is 1.86 bits per heavy atom. The van der Waals surface area contributed by atoms with Crippen LogP contribution in [0.3, 0.4) is 0 Å². The molecule has 2 nitrogen and oxygen atoms in total. The maximum atomic E-state index is 11.2. The van der Waals surface area contributed by atoms with Crippen molar-refractivity contribution in [2.24, 2.45) is 0 Å². The summed E-state index contributed by atoms with van der Waals surface area (Å²) in [6.45, 7) is -0.914. The van der Waals surface area contributed by atoms with Gasteiger partial charge in [0.25, 0.3) is 5.91 Å². The third kappa shape index (κ3) is 3.97. The number of nitrogens with one attached hydrogen (secondary N) is 1. The van der Waals surface area contributed by atoms with E-state index in [1.165, 1.54) is 0 Å². The molecule has 1 amide bonds. The highest BCUT2D eigenvalue weighted by atomic mass is 127. The molecule has 0 spiro atoms. The second-order valence-electron chi connectivity index (χ2n) is 0.867. The number of alkyl halides is 2. The van der Waals surface area contributed by atoms with Crippen molar-refractivity contribution in [3.63, 3.8) is 0 Å². The molecule has 0 aromatic heterocycles. The Balaban J connectivity index is 3.00. The monoisotopic (exact) mass is 217 g/mol.